The molecule has 134 valence electrons. The standard InChI is InChI=1S/C18H28N2O4/c1-13-9-19(10-14(2)23-13)11-15-5-4-8-20(15)12-16-6-7-17(24-16)18(21)22-3/h6-7,13-15H,4-5,8-12H2,1-3H3. The molecule has 0 aliphatic carbocycles. The zero-order chi connectivity index (χ0) is 17.1. The fraction of sp³-hybridized carbons (Fsp3) is 0.722. The lowest BCUT2D eigenvalue weighted by Crippen LogP contribution is -2.49. The summed E-state index contributed by atoms with van der Waals surface area (Å²) in [6.45, 7) is 9.19. The number of carbonyl (C=O) groups is 1. The second-order valence-corrected chi connectivity index (χ2v) is 7.00. The highest BCUT2D eigenvalue weighted by Crippen LogP contribution is 2.23. The Morgan fingerprint density at radius 1 is 1.29 bits per heavy atom. The van der Waals surface area contributed by atoms with E-state index in [1.165, 1.54) is 20.0 Å². The third-order valence-electron chi connectivity index (χ3n) is 4.87. The monoisotopic (exact) mass is 336 g/mol. The molecule has 6 heteroatoms. The summed E-state index contributed by atoms with van der Waals surface area (Å²) in [5.41, 5.74) is 0. The van der Waals surface area contributed by atoms with E-state index in [2.05, 4.69) is 23.6 Å². The average molecular weight is 336 g/mol. The van der Waals surface area contributed by atoms with Gasteiger partial charge in [-0.05, 0) is 45.4 Å². The molecule has 0 saturated carbocycles. The van der Waals surface area contributed by atoms with Gasteiger partial charge >= 0.3 is 5.97 Å². The highest BCUT2D eigenvalue weighted by molar-refractivity contribution is 5.86. The number of esters is 1. The predicted octanol–water partition coefficient (Wildman–Crippen LogP) is 2.14. The van der Waals surface area contributed by atoms with E-state index in [-0.39, 0.29) is 5.76 Å². The maximum absolute atomic E-state index is 11.5. The van der Waals surface area contributed by atoms with Crippen LogP contribution < -0.4 is 0 Å². The van der Waals surface area contributed by atoms with Crippen LogP contribution in [0.15, 0.2) is 16.5 Å². The zero-order valence-electron chi connectivity index (χ0n) is 14.9. The average Bonchev–Trinajstić information content (AvgIpc) is 3.16. The van der Waals surface area contributed by atoms with E-state index < -0.39 is 5.97 Å². The molecule has 0 amide bonds. The molecule has 1 aromatic heterocycles. The van der Waals surface area contributed by atoms with Crippen molar-refractivity contribution in [1.82, 2.24) is 9.80 Å². The van der Waals surface area contributed by atoms with Crippen LogP contribution in [-0.2, 0) is 16.0 Å². The van der Waals surface area contributed by atoms with E-state index in [1.807, 2.05) is 6.07 Å². The van der Waals surface area contributed by atoms with E-state index in [1.54, 1.807) is 6.07 Å². The van der Waals surface area contributed by atoms with Gasteiger partial charge in [0.05, 0.1) is 25.9 Å². The first-order chi connectivity index (χ1) is 11.5. The largest absolute Gasteiger partial charge is 0.463 e. The number of methoxy groups -OCH3 is 1. The Bertz CT molecular complexity index is 549. The first kappa shape index (κ1) is 17.5. The van der Waals surface area contributed by atoms with Gasteiger partial charge < -0.3 is 13.9 Å². The molecule has 3 atom stereocenters. The van der Waals surface area contributed by atoms with Gasteiger partial charge in [0, 0.05) is 25.7 Å². The lowest BCUT2D eigenvalue weighted by atomic mass is 10.1. The maximum atomic E-state index is 11.5. The number of hydrogen-bond acceptors (Lipinski definition) is 6. The van der Waals surface area contributed by atoms with Crippen molar-refractivity contribution in [3.63, 3.8) is 0 Å². The Morgan fingerprint density at radius 3 is 2.75 bits per heavy atom. The van der Waals surface area contributed by atoms with Crippen LogP contribution >= 0.6 is 0 Å². The van der Waals surface area contributed by atoms with E-state index in [0.717, 1.165) is 38.5 Å². The molecule has 0 spiro atoms. The fourth-order valence-electron chi connectivity index (χ4n) is 3.91. The molecule has 2 saturated heterocycles. The van der Waals surface area contributed by atoms with E-state index >= 15 is 0 Å². The molecule has 0 radical (unpaired) electrons. The Morgan fingerprint density at radius 2 is 2.04 bits per heavy atom. The van der Waals surface area contributed by atoms with Crippen LogP contribution in [0.3, 0.4) is 0 Å². The Balaban J connectivity index is 1.57. The van der Waals surface area contributed by atoms with Crippen molar-refractivity contribution in [2.24, 2.45) is 0 Å². The van der Waals surface area contributed by atoms with Gasteiger partial charge in [-0.15, -0.1) is 0 Å². The van der Waals surface area contributed by atoms with Gasteiger partial charge in [-0.2, -0.15) is 0 Å². The second kappa shape index (κ2) is 7.68. The number of likely N-dealkylation sites (tertiary alicyclic amines) is 1. The maximum Gasteiger partial charge on any atom is 0.373 e. The van der Waals surface area contributed by atoms with Gasteiger partial charge in [0.25, 0.3) is 0 Å². The third kappa shape index (κ3) is 4.18. The quantitative estimate of drug-likeness (QED) is 0.768. The summed E-state index contributed by atoms with van der Waals surface area (Å²) >= 11 is 0. The first-order valence-electron chi connectivity index (χ1n) is 8.84. The number of nitrogens with zero attached hydrogens (tertiary/aromatic N) is 2. The van der Waals surface area contributed by atoms with Crippen molar-refractivity contribution in [2.75, 3.05) is 33.3 Å². The number of carbonyl (C=O) groups excluding carboxylic acids is 1. The van der Waals surface area contributed by atoms with Gasteiger partial charge in [0.15, 0.2) is 0 Å². The molecule has 3 heterocycles. The van der Waals surface area contributed by atoms with Crippen molar-refractivity contribution in [3.05, 3.63) is 23.7 Å². The molecule has 6 nitrogen and oxygen atoms in total. The van der Waals surface area contributed by atoms with E-state index in [9.17, 15) is 4.79 Å². The predicted molar refractivity (Wildman–Crippen MR) is 89.9 cm³/mol. The van der Waals surface area contributed by atoms with E-state index in [4.69, 9.17) is 13.9 Å². The van der Waals surface area contributed by atoms with Crippen LogP contribution in [0.2, 0.25) is 0 Å². The van der Waals surface area contributed by atoms with Gasteiger partial charge in [0.1, 0.15) is 5.76 Å². The molecule has 24 heavy (non-hydrogen) atoms. The summed E-state index contributed by atoms with van der Waals surface area (Å²) in [5, 5.41) is 0. The molecular weight excluding hydrogens is 308 g/mol. The van der Waals surface area contributed by atoms with Crippen LogP contribution in [0.1, 0.15) is 43.0 Å². The third-order valence-corrected chi connectivity index (χ3v) is 4.87. The van der Waals surface area contributed by atoms with Gasteiger partial charge in [-0.1, -0.05) is 0 Å². The highest BCUT2D eigenvalue weighted by Gasteiger charge is 2.30. The zero-order valence-corrected chi connectivity index (χ0v) is 14.9. The molecule has 2 aliphatic rings. The number of morpholine rings is 1. The summed E-state index contributed by atoms with van der Waals surface area (Å²) in [6, 6.07) is 4.10. The van der Waals surface area contributed by atoms with Gasteiger partial charge in [0.2, 0.25) is 5.76 Å². The van der Waals surface area contributed by atoms with Gasteiger partial charge in [-0.3, -0.25) is 9.80 Å². The topological polar surface area (TPSA) is 55.2 Å². The SMILES string of the molecule is COC(=O)c1ccc(CN2CCCC2CN2CC(C)OC(C)C2)o1. The molecule has 2 aliphatic heterocycles. The summed E-state index contributed by atoms with van der Waals surface area (Å²) in [6.07, 6.45) is 3.03. The van der Waals surface area contributed by atoms with Crippen molar-refractivity contribution >= 4 is 5.97 Å². The molecule has 0 N–H and O–H groups in total. The van der Waals surface area contributed by atoms with Crippen LogP contribution in [0.5, 0.6) is 0 Å². The van der Waals surface area contributed by atoms with Crippen molar-refractivity contribution in [2.45, 2.75) is 51.5 Å². The number of hydrogen-bond donors (Lipinski definition) is 0. The number of furan rings is 1. The van der Waals surface area contributed by atoms with Crippen molar-refractivity contribution < 1.29 is 18.7 Å². The van der Waals surface area contributed by atoms with Crippen LogP contribution in [0.4, 0.5) is 0 Å². The number of rotatable bonds is 5. The Labute approximate surface area is 143 Å². The fourth-order valence-corrected chi connectivity index (χ4v) is 3.91. The normalized spacial score (nSPS) is 29.0. The van der Waals surface area contributed by atoms with E-state index in [0.29, 0.717) is 18.2 Å². The minimum atomic E-state index is -0.421. The molecule has 3 rings (SSSR count). The Hall–Kier alpha value is -1.37. The summed E-state index contributed by atoms with van der Waals surface area (Å²) in [4.78, 5) is 16.5. The minimum Gasteiger partial charge on any atom is -0.463 e. The molecule has 2 fully saturated rings. The first-order valence-corrected chi connectivity index (χ1v) is 8.84. The van der Waals surface area contributed by atoms with Crippen molar-refractivity contribution in [1.29, 1.82) is 0 Å². The lowest BCUT2D eigenvalue weighted by Gasteiger charge is -2.38. The highest BCUT2D eigenvalue weighted by atomic mass is 16.5. The molecule has 0 aromatic carbocycles. The van der Waals surface area contributed by atoms with Crippen molar-refractivity contribution in [3.8, 4) is 0 Å². The summed E-state index contributed by atoms with van der Waals surface area (Å²) in [5.74, 6) is 0.681. The van der Waals surface area contributed by atoms with Gasteiger partial charge in [-0.25, -0.2) is 4.79 Å². The molecule has 0 bridgehead atoms. The molecule has 1 aromatic rings. The van der Waals surface area contributed by atoms with Crippen LogP contribution in [0.25, 0.3) is 0 Å². The minimum absolute atomic E-state index is 0.277. The lowest BCUT2D eigenvalue weighted by molar-refractivity contribution is -0.0725. The molecule has 3 unspecified atom stereocenters. The summed E-state index contributed by atoms with van der Waals surface area (Å²) in [7, 11) is 1.37. The smallest absolute Gasteiger partial charge is 0.373 e. The van der Waals surface area contributed by atoms with Crippen LogP contribution in [-0.4, -0.2) is 67.3 Å². The Kier molecular flexibility index (Phi) is 5.58. The molecular formula is C18H28N2O4. The summed E-state index contributed by atoms with van der Waals surface area (Å²) < 4.78 is 16.1. The second-order valence-electron chi connectivity index (χ2n) is 7.00. The number of ether oxygens (including phenoxy) is 2. The van der Waals surface area contributed by atoms with Crippen LogP contribution in [0, 0.1) is 0 Å².